The molecule has 0 fully saturated rings. The fourth-order valence-electron chi connectivity index (χ4n) is 3.23. The number of anilines is 1. The zero-order chi connectivity index (χ0) is 20.6. The molecule has 1 aliphatic heterocycles. The molecule has 5 nitrogen and oxygen atoms in total. The van der Waals surface area contributed by atoms with Crippen molar-refractivity contribution in [3.05, 3.63) is 54.1 Å². The molecule has 0 atom stereocenters. The Labute approximate surface area is 185 Å². The van der Waals surface area contributed by atoms with Crippen LogP contribution in [0.15, 0.2) is 53.5 Å². The van der Waals surface area contributed by atoms with E-state index in [1.807, 2.05) is 29.2 Å². The Kier molecular flexibility index (Phi) is 9.23. The van der Waals surface area contributed by atoms with Gasteiger partial charge in [-0.2, -0.15) is 8.78 Å². The number of carbonyl (C=O) groups excluding carboxylic acids is 1. The second-order valence-corrected chi connectivity index (χ2v) is 6.72. The highest BCUT2D eigenvalue weighted by atomic mass is 79.9. The average Bonchev–Trinajstić information content (AvgIpc) is 3.01. The van der Waals surface area contributed by atoms with Gasteiger partial charge in [-0.05, 0) is 61.4 Å². The normalized spacial score (nSPS) is 13.7. The summed E-state index contributed by atoms with van der Waals surface area (Å²) in [5.74, 6) is 1.52. The summed E-state index contributed by atoms with van der Waals surface area (Å²) in [4.78, 5) is 19.5. The van der Waals surface area contributed by atoms with E-state index in [0.717, 1.165) is 49.5 Å². The van der Waals surface area contributed by atoms with Crippen LogP contribution in [0.4, 0.5) is 14.5 Å². The van der Waals surface area contributed by atoms with E-state index in [1.165, 1.54) is 24.3 Å². The number of nitrogens with zero attached hydrogens (tertiary/aromatic N) is 2. The van der Waals surface area contributed by atoms with Gasteiger partial charge in [0.1, 0.15) is 17.3 Å². The molecule has 0 aromatic heterocycles. The number of halogens is 3. The van der Waals surface area contributed by atoms with Crippen molar-refractivity contribution in [2.75, 3.05) is 25.1 Å². The molecule has 162 valence electrons. The topological polar surface area (TPSA) is 51.1 Å². The van der Waals surface area contributed by atoms with Crippen molar-refractivity contribution in [1.82, 2.24) is 0 Å². The van der Waals surface area contributed by atoms with Crippen molar-refractivity contribution in [3.63, 3.8) is 0 Å². The molecule has 3 rings (SSSR count). The number of Topliss-reactive ketones (excluding diaryl/α,β-unsaturated/α-hetero) is 1. The first-order valence-electron chi connectivity index (χ1n) is 9.60. The van der Waals surface area contributed by atoms with Gasteiger partial charge in [0.25, 0.3) is 0 Å². The summed E-state index contributed by atoms with van der Waals surface area (Å²) in [5.41, 5.74) is 1.29. The van der Waals surface area contributed by atoms with Gasteiger partial charge in [-0.3, -0.25) is 9.79 Å². The van der Waals surface area contributed by atoms with E-state index in [2.05, 4.69) is 4.74 Å². The van der Waals surface area contributed by atoms with Gasteiger partial charge in [0, 0.05) is 24.2 Å². The third kappa shape index (κ3) is 6.52. The standard InChI is InChI=1S/C22H24F2N2O3.BrH/c1-28-18-12-8-17(9-13-18)26(21-5-3-2-4-14-25-21)15-20(27)16-6-10-19(11-7-16)29-22(23)24;/h6-13,22H,2-5,14-15H2,1H3;1H. The Morgan fingerprint density at radius 1 is 1.03 bits per heavy atom. The van der Waals surface area contributed by atoms with Crippen molar-refractivity contribution in [2.45, 2.75) is 32.3 Å². The molecule has 8 heteroatoms. The highest BCUT2D eigenvalue weighted by Crippen LogP contribution is 2.23. The highest BCUT2D eigenvalue weighted by Gasteiger charge is 2.20. The first-order chi connectivity index (χ1) is 14.1. The molecule has 0 radical (unpaired) electrons. The lowest BCUT2D eigenvalue weighted by atomic mass is 10.1. The summed E-state index contributed by atoms with van der Waals surface area (Å²) in [6.07, 6.45) is 3.99. The van der Waals surface area contributed by atoms with Gasteiger partial charge in [-0.1, -0.05) is 6.42 Å². The number of methoxy groups -OCH3 is 1. The maximum absolute atomic E-state index is 12.9. The van der Waals surface area contributed by atoms with Gasteiger partial charge in [-0.25, -0.2) is 0 Å². The van der Waals surface area contributed by atoms with Crippen molar-refractivity contribution in [1.29, 1.82) is 0 Å². The minimum Gasteiger partial charge on any atom is -0.497 e. The summed E-state index contributed by atoms with van der Waals surface area (Å²) in [7, 11) is 1.60. The zero-order valence-electron chi connectivity index (χ0n) is 16.7. The van der Waals surface area contributed by atoms with Crippen LogP contribution >= 0.6 is 17.0 Å². The molecule has 1 heterocycles. The number of alkyl halides is 2. The Balaban J connectivity index is 0.00000320. The summed E-state index contributed by atoms with van der Waals surface area (Å²) in [6, 6.07) is 13.3. The smallest absolute Gasteiger partial charge is 0.387 e. The first-order valence-corrected chi connectivity index (χ1v) is 9.60. The van der Waals surface area contributed by atoms with Crippen molar-refractivity contribution in [3.8, 4) is 11.5 Å². The Hall–Kier alpha value is -2.48. The van der Waals surface area contributed by atoms with E-state index < -0.39 is 6.61 Å². The third-order valence-electron chi connectivity index (χ3n) is 4.75. The number of ketones is 1. The van der Waals surface area contributed by atoms with E-state index in [0.29, 0.717) is 5.56 Å². The molecule has 2 aromatic rings. The third-order valence-corrected chi connectivity index (χ3v) is 4.75. The van der Waals surface area contributed by atoms with E-state index in [9.17, 15) is 13.6 Å². The molecular formula is C22H25BrF2N2O3. The quantitative estimate of drug-likeness (QED) is 0.486. The molecular weight excluding hydrogens is 458 g/mol. The second kappa shape index (κ2) is 11.6. The minimum absolute atomic E-state index is 0. The highest BCUT2D eigenvalue weighted by molar-refractivity contribution is 8.93. The predicted molar refractivity (Wildman–Crippen MR) is 119 cm³/mol. The van der Waals surface area contributed by atoms with Gasteiger partial charge < -0.3 is 14.4 Å². The monoisotopic (exact) mass is 482 g/mol. The molecule has 0 N–H and O–H groups in total. The van der Waals surface area contributed by atoms with Crippen LogP contribution in [0, 0.1) is 0 Å². The Bertz CT molecular complexity index is 842. The van der Waals surface area contributed by atoms with Gasteiger partial charge >= 0.3 is 6.61 Å². The fraction of sp³-hybridized carbons (Fsp3) is 0.364. The SMILES string of the molecule is Br.COc1ccc(N(CC(=O)c2ccc(OC(F)F)cc2)C2=NCCCCC2)cc1. The van der Waals surface area contributed by atoms with E-state index in [1.54, 1.807) is 7.11 Å². The lowest BCUT2D eigenvalue weighted by Crippen LogP contribution is -2.36. The number of amidine groups is 1. The summed E-state index contributed by atoms with van der Waals surface area (Å²) in [6.45, 7) is -2.04. The molecule has 0 bridgehead atoms. The number of rotatable bonds is 7. The fourth-order valence-corrected chi connectivity index (χ4v) is 3.23. The van der Waals surface area contributed by atoms with Gasteiger partial charge in [0.05, 0.1) is 13.7 Å². The number of benzene rings is 2. The molecule has 0 amide bonds. The van der Waals surface area contributed by atoms with E-state index in [-0.39, 0.29) is 35.1 Å². The van der Waals surface area contributed by atoms with Crippen LogP contribution < -0.4 is 14.4 Å². The summed E-state index contributed by atoms with van der Waals surface area (Å²) in [5, 5.41) is 0. The maximum Gasteiger partial charge on any atom is 0.387 e. The van der Waals surface area contributed by atoms with Crippen LogP contribution in [0.1, 0.15) is 36.0 Å². The van der Waals surface area contributed by atoms with Crippen LogP contribution in [0.5, 0.6) is 11.5 Å². The lowest BCUT2D eigenvalue weighted by molar-refractivity contribution is -0.0498. The molecule has 0 saturated carbocycles. The maximum atomic E-state index is 12.9. The molecule has 1 aliphatic rings. The van der Waals surface area contributed by atoms with Crippen molar-refractivity contribution >= 4 is 34.3 Å². The number of hydrogen-bond acceptors (Lipinski definition) is 5. The Morgan fingerprint density at radius 2 is 1.70 bits per heavy atom. The van der Waals surface area contributed by atoms with Crippen LogP contribution in [0.25, 0.3) is 0 Å². The molecule has 0 unspecified atom stereocenters. The zero-order valence-corrected chi connectivity index (χ0v) is 18.4. The average molecular weight is 483 g/mol. The van der Waals surface area contributed by atoms with E-state index in [4.69, 9.17) is 9.73 Å². The first kappa shape index (κ1) is 23.8. The molecule has 30 heavy (non-hydrogen) atoms. The number of hydrogen-bond donors (Lipinski definition) is 0. The minimum atomic E-state index is -2.89. The Morgan fingerprint density at radius 3 is 2.33 bits per heavy atom. The largest absolute Gasteiger partial charge is 0.497 e. The van der Waals surface area contributed by atoms with E-state index >= 15 is 0 Å². The molecule has 0 spiro atoms. The predicted octanol–water partition coefficient (Wildman–Crippen LogP) is 5.54. The van der Waals surface area contributed by atoms with Gasteiger partial charge in [-0.15, -0.1) is 17.0 Å². The summed E-state index contributed by atoms with van der Waals surface area (Å²) >= 11 is 0. The number of carbonyl (C=O) groups is 1. The van der Waals surface area contributed by atoms with Gasteiger partial charge in [0.15, 0.2) is 5.78 Å². The van der Waals surface area contributed by atoms with Crippen LogP contribution in [0.2, 0.25) is 0 Å². The van der Waals surface area contributed by atoms with Crippen LogP contribution in [0.3, 0.4) is 0 Å². The van der Waals surface area contributed by atoms with Crippen LogP contribution in [-0.4, -0.2) is 38.4 Å². The molecule has 0 saturated heterocycles. The van der Waals surface area contributed by atoms with Crippen LogP contribution in [-0.2, 0) is 0 Å². The summed E-state index contributed by atoms with van der Waals surface area (Å²) < 4.78 is 34.2. The molecule has 2 aromatic carbocycles. The molecule has 0 aliphatic carbocycles. The lowest BCUT2D eigenvalue weighted by Gasteiger charge is -2.26. The van der Waals surface area contributed by atoms with Gasteiger partial charge in [0.2, 0.25) is 0 Å². The van der Waals surface area contributed by atoms with Crippen molar-refractivity contribution < 1.29 is 23.0 Å². The number of ether oxygens (including phenoxy) is 2. The number of aliphatic imine (C=N–C) groups is 1. The van der Waals surface area contributed by atoms with Crippen molar-refractivity contribution in [2.24, 2.45) is 4.99 Å². The second-order valence-electron chi connectivity index (χ2n) is 6.72.